The molecule has 27 nitrogen and oxygen atoms in total. The van der Waals surface area contributed by atoms with E-state index in [1.54, 1.807) is 0 Å². The second kappa shape index (κ2) is 23.1. The summed E-state index contributed by atoms with van der Waals surface area (Å²) in [4.78, 5) is 15.0. The van der Waals surface area contributed by atoms with Gasteiger partial charge in [-0.15, -0.1) is 0 Å². The van der Waals surface area contributed by atoms with Gasteiger partial charge in [0.2, 0.25) is 6.29 Å². The Balaban J connectivity index is 0.978. The maximum atomic E-state index is 15.0. The van der Waals surface area contributed by atoms with Crippen LogP contribution in [0.2, 0.25) is 0 Å². The Bertz CT molecular complexity index is 2040. The van der Waals surface area contributed by atoms with E-state index in [2.05, 4.69) is 20.8 Å². The molecule has 5 saturated carbocycles. The van der Waals surface area contributed by atoms with Crippen molar-refractivity contribution in [1.82, 2.24) is 0 Å². The van der Waals surface area contributed by atoms with Crippen LogP contribution in [0.3, 0.4) is 0 Å². The predicted molar refractivity (Wildman–Crippen MR) is 255 cm³/mol. The van der Waals surface area contributed by atoms with Crippen molar-refractivity contribution in [3.63, 3.8) is 0 Å². The summed E-state index contributed by atoms with van der Waals surface area (Å²) in [6, 6.07) is 0. The van der Waals surface area contributed by atoms with Crippen LogP contribution in [0.5, 0.6) is 0 Å². The summed E-state index contributed by atoms with van der Waals surface area (Å²) in [5, 5.41) is 171. The lowest BCUT2D eigenvalue weighted by Gasteiger charge is -2.71. The molecule has 1 spiro atoms. The topological polar surface area (TPSA) is 433 Å². The molecule has 10 fully saturated rings. The number of carbonyl (C=O) groups excluding carboxylic acids is 1. The average molecular weight is 1130 g/mol. The summed E-state index contributed by atoms with van der Waals surface area (Å²) < 4.78 is 60.7. The first kappa shape index (κ1) is 61.0. The third-order valence-electron chi connectivity index (χ3n) is 19.8. The third-order valence-corrected chi connectivity index (χ3v) is 19.8. The molecule has 0 aromatic carbocycles. The van der Waals surface area contributed by atoms with Crippen LogP contribution in [0.1, 0.15) is 86.0 Å². The van der Waals surface area contributed by atoms with Crippen molar-refractivity contribution in [1.29, 1.82) is 0 Å². The van der Waals surface area contributed by atoms with Crippen LogP contribution in [0.15, 0.2) is 0 Å². The van der Waals surface area contributed by atoms with Gasteiger partial charge in [0.05, 0.1) is 44.1 Å². The molecule has 10 rings (SSSR count). The molecule has 0 aromatic heterocycles. The number of aliphatic hydroxyl groups excluding tert-OH is 16. The molecule has 78 heavy (non-hydrogen) atoms. The predicted octanol–water partition coefficient (Wildman–Crippen LogP) is -5.94. The van der Waals surface area contributed by atoms with Crippen molar-refractivity contribution < 1.29 is 134 Å². The van der Waals surface area contributed by atoms with Gasteiger partial charge in [-0.2, -0.15) is 0 Å². The van der Waals surface area contributed by atoms with Crippen LogP contribution in [0.25, 0.3) is 0 Å². The van der Waals surface area contributed by atoms with Crippen LogP contribution in [0.4, 0.5) is 0 Å². The molecule has 450 valence electrons. The number of ether oxygens (including phenoxy) is 10. The highest BCUT2D eigenvalue weighted by Crippen LogP contribution is 2.74. The monoisotopic (exact) mass is 1130 g/mol. The third kappa shape index (κ3) is 10.5. The van der Waals surface area contributed by atoms with Gasteiger partial charge in [0.25, 0.3) is 0 Å². The van der Waals surface area contributed by atoms with E-state index in [9.17, 15) is 86.5 Å². The lowest BCUT2D eigenvalue weighted by Crippen LogP contribution is -2.69. The van der Waals surface area contributed by atoms with Gasteiger partial charge in [0, 0.05) is 0 Å². The smallest absolute Gasteiger partial charge is 0.314 e. The first-order chi connectivity index (χ1) is 36.7. The van der Waals surface area contributed by atoms with Gasteiger partial charge in [0.1, 0.15) is 110 Å². The minimum absolute atomic E-state index is 0.00299. The Morgan fingerprint density at radius 3 is 1.53 bits per heavy atom. The fourth-order valence-electron chi connectivity index (χ4n) is 15.6. The fourth-order valence-corrected chi connectivity index (χ4v) is 15.6. The zero-order chi connectivity index (χ0) is 56.9. The van der Waals surface area contributed by atoms with Crippen LogP contribution >= 0.6 is 0 Å². The van der Waals surface area contributed by atoms with E-state index in [4.69, 9.17) is 47.4 Å². The molecule has 5 aliphatic carbocycles. The number of hydrogen-bond donors (Lipinski definition) is 16. The van der Waals surface area contributed by atoms with Gasteiger partial charge >= 0.3 is 5.97 Å². The van der Waals surface area contributed by atoms with Crippen molar-refractivity contribution in [2.45, 2.75) is 246 Å². The van der Waals surface area contributed by atoms with Gasteiger partial charge < -0.3 is 129 Å². The lowest BCUT2D eigenvalue weighted by atomic mass is 9.34. The molecule has 2 bridgehead atoms. The molecule has 32 atom stereocenters. The molecule has 5 heterocycles. The van der Waals surface area contributed by atoms with Crippen molar-refractivity contribution in [3.8, 4) is 0 Å². The Hall–Kier alpha value is -1.53. The molecule has 0 amide bonds. The van der Waals surface area contributed by atoms with Crippen LogP contribution in [-0.2, 0) is 52.2 Å². The molecular weight excluding hydrogens is 1040 g/mol. The van der Waals surface area contributed by atoms with E-state index in [1.807, 2.05) is 6.92 Å². The molecule has 10 aliphatic rings. The van der Waals surface area contributed by atoms with E-state index in [-0.39, 0.29) is 17.8 Å². The Morgan fingerprint density at radius 1 is 0.487 bits per heavy atom. The quantitative estimate of drug-likeness (QED) is 0.0569. The summed E-state index contributed by atoms with van der Waals surface area (Å²) in [5.74, 6) is -1.20. The first-order valence-corrected chi connectivity index (χ1v) is 27.4. The van der Waals surface area contributed by atoms with Gasteiger partial charge in [-0.25, -0.2) is 0 Å². The second-order valence-electron chi connectivity index (χ2n) is 24.9. The lowest BCUT2D eigenvalue weighted by molar-refractivity contribution is -0.401. The highest BCUT2D eigenvalue weighted by Gasteiger charge is 2.70. The van der Waals surface area contributed by atoms with Crippen LogP contribution in [-0.4, -0.2) is 274 Å². The Labute approximate surface area is 450 Å². The highest BCUT2D eigenvalue weighted by molar-refractivity contribution is 5.77. The number of carbonyl (C=O) groups is 1. The minimum Gasteiger partial charge on any atom is -0.432 e. The zero-order valence-corrected chi connectivity index (χ0v) is 44.4. The van der Waals surface area contributed by atoms with Gasteiger partial charge in [-0.05, 0) is 92.8 Å². The summed E-state index contributed by atoms with van der Waals surface area (Å²) in [6.45, 7) is 6.48. The Morgan fingerprint density at radius 2 is 0.962 bits per heavy atom. The van der Waals surface area contributed by atoms with Gasteiger partial charge in [-0.3, -0.25) is 4.79 Å². The molecule has 16 N–H and O–H groups in total. The number of esters is 1. The fraction of sp³-hybridized carbons (Fsp3) is 0.980. The highest BCUT2D eigenvalue weighted by atomic mass is 16.8. The van der Waals surface area contributed by atoms with E-state index >= 15 is 0 Å². The van der Waals surface area contributed by atoms with Crippen molar-refractivity contribution in [3.05, 3.63) is 0 Å². The largest absolute Gasteiger partial charge is 0.432 e. The molecular formula is C51H84O27. The summed E-state index contributed by atoms with van der Waals surface area (Å²) in [6.07, 6.45) is -38.3. The second-order valence-corrected chi connectivity index (χ2v) is 24.9. The minimum atomic E-state index is -1.97. The Kier molecular flexibility index (Phi) is 18.1. The maximum absolute atomic E-state index is 15.0. The molecule has 26 unspecified atom stereocenters. The number of rotatable bonds is 14. The average Bonchev–Trinajstić information content (AvgIpc) is 3.58. The van der Waals surface area contributed by atoms with Crippen molar-refractivity contribution >= 4 is 5.97 Å². The summed E-state index contributed by atoms with van der Waals surface area (Å²) >= 11 is 0. The van der Waals surface area contributed by atoms with Gasteiger partial charge in [0.15, 0.2) is 31.3 Å². The molecule has 0 aromatic rings. The molecule has 27 heteroatoms. The first-order valence-electron chi connectivity index (χ1n) is 27.4. The maximum Gasteiger partial charge on any atom is 0.314 e. The molecule has 0 radical (unpaired) electrons. The number of aliphatic hydroxyl groups is 16. The summed E-state index contributed by atoms with van der Waals surface area (Å²) in [5.41, 5.74) is -2.46. The summed E-state index contributed by atoms with van der Waals surface area (Å²) in [7, 11) is 0. The SMILES string of the molecule is CC1OC(OC2C(OC(=O)[C@]3(C)CCC[C@@]4(C)[C@@H]5CC6[C@H](OC7OC(CO)C(O)C(OC8OC(CO)C(O)C(O)C8O)C7OC7OC(CO)C(O)C(O)C7O)C[C@@]5(CC[C@@H]43)CC6(C)C)OC(CO)C(O)C2O)C(O)C(O)C1O. The number of hydrogen-bond acceptors (Lipinski definition) is 27. The van der Waals surface area contributed by atoms with E-state index < -0.39 is 214 Å². The van der Waals surface area contributed by atoms with Crippen molar-refractivity contribution in [2.24, 2.45) is 39.4 Å². The van der Waals surface area contributed by atoms with Gasteiger partial charge in [-0.1, -0.05) is 27.2 Å². The molecule has 5 aliphatic heterocycles. The van der Waals surface area contributed by atoms with E-state index in [0.29, 0.717) is 38.5 Å². The zero-order valence-electron chi connectivity index (χ0n) is 44.4. The van der Waals surface area contributed by atoms with Crippen molar-refractivity contribution in [2.75, 3.05) is 26.4 Å². The standard InChI is InChI=1S/C51H84O27/c1-18-27(56)32(61)36(65)42(69-18)76-40-35(64)30(59)23(15-54)73-45(40)78-47(68)50(5)9-6-8-49(4)25(50)7-10-51-12-20(19(11-26(49)51)48(2,3)17-51)70-46-41(77-44-38(67)34(63)29(58)22(14-53)72-44)39(31(60)24(16-55)74-46)75-43-37(66)33(62)28(57)21(13-52)71-43/h18-46,52-67H,6-17H2,1-5H3/t18?,19?,20-,21?,22?,23?,24?,25+,26+,27?,28?,29?,30?,31?,32?,33?,34?,35?,36?,37?,38?,39?,40?,41?,42?,43?,44?,45?,46?,49-,50-,51+/m1/s1. The number of fused-ring (bicyclic) bond motifs is 3. The van der Waals surface area contributed by atoms with Crippen LogP contribution < -0.4 is 0 Å². The van der Waals surface area contributed by atoms with Crippen LogP contribution in [0, 0.1) is 39.4 Å². The van der Waals surface area contributed by atoms with E-state index in [0.717, 1.165) is 12.8 Å². The van der Waals surface area contributed by atoms with E-state index in [1.165, 1.54) is 6.92 Å². The molecule has 5 saturated heterocycles. The normalized spacial score (nSPS) is 55.2.